The van der Waals surface area contributed by atoms with Gasteiger partial charge in [0.05, 0.1) is 33.6 Å². The summed E-state index contributed by atoms with van der Waals surface area (Å²) in [6.45, 7) is 4.07. The fourth-order valence-corrected chi connectivity index (χ4v) is 1.40. The molecule has 78 valence electrons. The summed E-state index contributed by atoms with van der Waals surface area (Å²) in [5.74, 6) is 0.0253. The molecule has 0 spiro atoms. The van der Waals surface area contributed by atoms with Gasteiger partial charge in [-0.15, -0.1) is 12.6 Å². The largest absolute Gasteiger partial charge is 0.455 e. The van der Waals surface area contributed by atoms with Crippen molar-refractivity contribution in [3.05, 3.63) is 0 Å². The van der Waals surface area contributed by atoms with Crippen LogP contribution in [0.1, 0.15) is 19.8 Å². The lowest BCUT2D eigenvalue weighted by atomic mass is 10.3. The molecule has 13 heavy (non-hydrogen) atoms. The highest BCUT2D eigenvalue weighted by Crippen LogP contribution is 2.02. The second-order valence-electron chi connectivity index (χ2n) is 3.78. The monoisotopic (exact) mass is 206 g/mol. The summed E-state index contributed by atoms with van der Waals surface area (Å²) in [5, 5.41) is 0. The van der Waals surface area contributed by atoms with E-state index in [1.54, 1.807) is 0 Å². The van der Waals surface area contributed by atoms with Crippen LogP contribution in [0.3, 0.4) is 0 Å². The van der Waals surface area contributed by atoms with Gasteiger partial charge >= 0.3 is 5.97 Å². The maximum atomic E-state index is 11.0. The minimum Gasteiger partial charge on any atom is -0.455 e. The Hall–Kier alpha value is -0.220. The molecule has 0 bridgehead atoms. The Morgan fingerprint density at radius 1 is 1.38 bits per heavy atom. The molecule has 0 aromatic carbocycles. The smallest absolute Gasteiger partial charge is 0.312 e. The summed E-state index contributed by atoms with van der Waals surface area (Å²) < 4.78 is 5.60. The predicted molar refractivity (Wildman–Crippen MR) is 56.7 cm³/mol. The van der Waals surface area contributed by atoms with Crippen LogP contribution in [0.15, 0.2) is 0 Å². The average molecular weight is 206 g/mol. The maximum Gasteiger partial charge on any atom is 0.312 e. The van der Waals surface area contributed by atoms with Crippen molar-refractivity contribution in [2.75, 3.05) is 33.1 Å². The van der Waals surface area contributed by atoms with Gasteiger partial charge in [0.1, 0.15) is 5.94 Å². The summed E-state index contributed by atoms with van der Waals surface area (Å²) in [5.41, 5.74) is 0. The van der Waals surface area contributed by atoms with Crippen LogP contribution in [0.25, 0.3) is 0 Å². The number of carbonyl (C=O) groups excluding carboxylic acids is 1. The first-order valence-corrected chi connectivity index (χ1v) is 5.23. The Kier molecular flexibility index (Phi) is 6.16. The van der Waals surface area contributed by atoms with Gasteiger partial charge in [-0.25, -0.2) is 0 Å². The van der Waals surface area contributed by atoms with Crippen molar-refractivity contribution in [1.29, 1.82) is 0 Å². The van der Waals surface area contributed by atoms with E-state index < -0.39 is 0 Å². The van der Waals surface area contributed by atoms with E-state index in [-0.39, 0.29) is 11.9 Å². The number of ether oxygens (including phenoxy) is 1. The Morgan fingerprint density at radius 2 is 2.00 bits per heavy atom. The molecule has 0 aliphatic heterocycles. The molecule has 0 aromatic rings. The molecule has 0 fully saturated rings. The first-order chi connectivity index (χ1) is 6.02. The van der Waals surface area contributed by atoms with Crippen LogP contribution in [-0.4, -0.2) is 43.6 Å². The number of carbonyl (C=O) groups is 1. The molecule has 0 aromatic heterocycles. The zero-order valence-corrected chi connectivity index (χ0v) is 9.64. The summed E-state index contributed by atoms with van der Waals surface area (Å²) in [6, 6.07) is 0. The summed E-state index contributed by atoms with van der Waals surface area (Å²) in [4.78, 5) is 11.0. The van der Waals surface area contributed by atoms with E-state index in [4.69, 9.17) is 4.74 Å². The predicted octanol–water partition coefficient (Wildman–Crippen LogP) is 1.29. The van der Waals surface area contributed by atoms with E-state index in [0.717, 1.165) is 24.0 Å². The quantitative estimate of drug-likeness (QED) is 0.307. The van der Waals surface area contributed by atoms with Gasteiger partial charge in [0.25, 0.3) is 0 Å². The number of thiol groups is 1. The molecule has 0 unspecified atom stereocenters. The lowest BCUT2D eigenvalue weighted by Gasteiger charge is -2.28. The van der Waals surface area contributed by atoms with Crippen molar-refractivity contribution >= 4 is 18.6 Å². The second kappa shape index (κ2) is 6.27. The third-order valence-corrected chi connectivity index (χ3v) is 2.10. The van der Waals surface area contributed by atoms with Crippen molar-refractivity contribution < 1.29 is 14.0 Å². The zero-order chi connectivity index (χ0) is 10.3. The van der Waals surface area contributed by atoms with Gasteiger partial charge in [0, 0.05) is 0 Å². The SMILES string of the molecule is CCC[N+](C)(C)CCC(=O)OCS. The second-order valence-corrected chi connectivity index (χ2v) is 4.04. The van der Waals surface area contributed by atoms with Gasteiger partial charge in [0.15, 0.2) is 0 Å². The highest BCUT2D eigenvalue weighted by atomic mass is 32.1. The zero-order valence-electron chi connectivity index (χ0n) is 8.75. The van der Waals surface area contributed by atoms with Crippen molar-refractivity contribution in [3.8, 4) is 0 Å². The Labute approximate surface area is 86.1 Å². The molecule has 0 atom stereocenters. The Morgan fingerprint density at radius 3 is 2.46 bits per heavy atom. The first kappa shape index (κ1) is 12.8. The molecule has 0 radical (unpaired) electrons. The number of quaternary nitrogens is 1. The van der Waals surface area contributed by atoms with E-state index in [0.29, 0.717) is 6.42 Å². The molecule has 0 amide bonds. The number of hydrogen-bond donors (Lipinski definition) is 1. The van der Waals surface area contributed by atoms with Gasteiger partial charge in [-0.05, 0) is 6.42 Å². The summed E-state index contributed by atoms with van der Waals surface area (Å²) in [6.07, 6.45) is 1.61. The van der Waals surface area contributed by atoms with E-state index in [2.05, 4.69) is 33.6 Å². The van der Waals surface area contributed by atoms with Crippen LogP contribution in [0.4, 0.5) is 0 Å². The molecule has 0 rings (SSSR count). The average Bonchev–Trinajstić information content (AvgIpc) is 2.02. The molecule has 0 heterocycles. The summed E-state index contributed by atoms with van der Waals surface area (Å²) in [7, 11) is 4.24. The van der Waals surface area contributed by atoms with Crippen LogP contribution in [-0.2, 0) is 9.53 Å². The molecule has 3 nitrogen and oxygen atoms in total. The molecule has 0 saturated heterocycles. The van der Waals surface area contributed by atoms with E-state index in [1.807, 2.05) is 0 Å². The number of rotatable bonds is 6. The molecular weight excluding hydrogens is 186 g/mol. The van der Waals surface area contributed by atoms with Crippen LogP contribution >= 0.6 is 12.6 Å². The van der Waals surface area contributed by atoms with Crippen molar-refractivity contribution in [2.45, 2.75) is 19.8 Å². The van der Waals surface area contributed by atoms with Crippen molar-refractivity contribution in [3.63, 3.8) is 0 Å². The van der Waals surface area contributed by atoms with Gasteiger partial charge in [-0.2, -0.15) is 0 Å². The molecule has 0 N–H and O–H groups in total. The van der Waals surface area contributed by atoms with Gasteiger partial charge in [-0.3, -0.25) is 4.79 Å². The fraction of sp³-hybridized carbons (Fsp3) is 0.889. The molecule has 0 saturated carbocycles. The molecule has 4 heteroatoms. The third kappa shape index (κ3) is 6.90. The van der Waals surface area contributed by atoms with Crippen LogP contribution in [0.5, 0.6) is 0 Å². The van der Waals surface area contributed by atoms with Crippen LogP contribution < -0.4 is 0 Å². The highest BCUT2D eigenvalue weighted by molar-refractivity contribution is 7.80. The third-order valence-electron chi connectivity index (χ3n) is 1.98. The van der Waals surface area contributed by atoms with Gasteiger partial charge in [0.2, 0.25) is 0 Å². The maximum absolute atomic E-state index is 11.0. The van der Waals surface area contributed by atoms with Crippen molar-refractivity contribution in [2.24, 2.45) is 0 Å². The summed E-state index contributed by atoms with van der Waals surface area (Å²) >= 11 is 3.82. The first-order valence-electron chi connectivity index (χ1n) is 4.60. The van der Waals surface area contributed by atoms with Gasteiger partial charge < -0.3 is 9.22 Å². The normalized spacial score (nSPS) is 11.4. The molecule has 0 aliphatic carbocycles. The van der Waals surface area contributed by atoms with Crippen molar-refractivity contribution in [1.82, 2.24) is 0 Å². The van der Waals surface area contributed by atoms with Gasteiger partial charge in [-0.1, -0.05) is 6.92 Å². The molecular formula is C9H20NO2S+. The van der Waals surface area contributed by atoms with E-state index in [9.17, 15) is 4.79 Å². The minimum atomic E-state index is -0.155. The number of hydrogen-bond acceptors (Lipinski definition) is 3. The standard InChI is InChI=1S/C9H19NO2S/c1-4-6-10(2,3)7-5-9(11)12-8-13/h4-8H2,1-3H3/p+1. The number of esters is 1. The van der Waals surface area contributed by atoms with Crippen LogP contribution in [0.2, 0.25) is 0 Å². The highest BCUT2D eigenvalue weighted by Gasteiger charge is 2.15. The van der Waals surface area contributed by atoms with Crippen LogP contribution in [0, 0.1) is 0 Å². The number of nitrogens with zero attached hydrogens (tertiary/aromatic N) is 1. The molecule has 0 aliphatic rings. The lowest BCUT2D eigenvalue weighted by molar-refractivity contribution is -0.889. The Balaban J connectivity index is 3.67. The van der Waals surface area contributed by atoms with E-state index in [1.165, 1.54) is 0 Å². The minimum absolute atomic E-state index is 0.155. The van der Waals surface area contributed by atoms with E-state index >= 15 is 0 Å². The fourth-order valence-electron chi connectivity index (χ4n) is 1.26. The Bertz CT molecular complexity index is 160. The lowest BCUT2D eigenvalue weighted by Crippen LogP contribution is -2.41. The topological polar surface area (TPSA) is 26.3 Å².